The van der Waals surface area contributed by atoms with Crippen molar-refractivity contribution in [1.82, 2.24) is 9.99 Å². The van der Waals surface area contributed by atoms with E-state index in [1.165, 1.54) is 16.8 Å². The zero-order chi connectivity index (χ0) is 16.7. The van der Waals surface area contributed by atoms with E-state index < -0.39 is 5.91 Å². The van der Waals surface area contributed by atoms with Gasteiger partial charge in [0.25, 0.3) is 11.5 Å². The second-order valence-corrected chi connectivity index (χ2v) is 4.95. The molecule has 0 spiro atoms. The first kappa shape index (κ1) is 16.5. The lowest BCUT2D eigenvalue weighted by Gasteiger charge is -2.04. The van der Waals surface area contributed by atoms with Crippen molar-refractivity contribution in [3.05, 3.63) is 64.1 Å². The van der Waals surface area contributed by atoms with Gasteiger partial charge in [0.05, 0.1) is 12.8 Å². The molecule has 1 heterocycles. The van der Waals surface area contributed by atoms with Crippen LogP contribution >= 0.6 is 0 Å². The Morgan fingerprint density at radius 2 is 2.04 bits per heavy atom. The van der Waals surface area contributed by atoms with Crippen LogP contribution in [-0.4, -0.2) is 23.3 Å². The molecule has 6 heteroatoms. The van der Waals surface area contributed by atoms with E-state index in [4.69, 9.17) is 4.74 Å². The quantitative estimate of drug-likeness (QED) is 0.654. The molecule has 2 aromatic rings. The lowest BCUT2D eigenvalue weighted by atomic mass is 10.2. The minimum atomic E-state index is -0.537. The summed E-state index contributed by atoms with van der Waals surface area (Å²) in [4.78, 5) is 23.7. The summed E-state index contributed by atoms with van der Waals surface area (Å²) in [6.07, 6.45) is 4.05. The number of hydrogen-bond acceptors (Lipinski definition) is 4. The second kappa shape index (κ2) is 7.93. The van der Waals surface area contributed by atoms with Crippen LogP contribution in [0, 0.1) is 0 Å². The highest BCUT2D eigenvalue weighted by Gasteiger charge is 2.09. The standard InChI is InChI=1S/C17H19N3O3/c1-3-11-23-14-8-6-13(7-9-14)12-18-19-16(21)15-5-4-10-20(2)17(15)22/h4-10,12H,3,11H2,1-2H3,(H,19,21)/b18-12-. The maximum Gasteiger partial charge on any atom is 0.276 e. The van der Waals surface area contributed by atoms with Crippen LogP contribution in [0.25, 0.3) is 0 Å². The average molecular weight is 313 g/mol. The number of nitrogens with one attached hydrogen (secondary N) is 1. The molecular formula is C17H19N3O3. The van der Waals surface area contributed by atoms with E-state index in [2.05, 4.69) is 10.5 Å². The molecule has 0 saturated heterocycles. The highest BCUT2D eigenvalue weighted by molar-refractivity contribution is 5.94. The maximum atomic E-state index is 11.9. The number of carbonyl (C=O) groups is 1. The summed E-state index contributed by atoms with van der Waals surface area (Å²) >= 11 is 0. The normalized spacial score (nSPS) is 10.7. The molecule has 120 valence electrons. The molecule has 2 rings (SSSR count). The van der Waals surface area contributed by atoms with Gasteiger partial charge in [-0.15, -0.1) is 0 Å². The van der Waals surface area contributed by atoms with E-state index in [-0.39, 0.29) is 11.1 Å². The Kier molecular flexibility index (Phi) is 5.68. The molecule has 1 aromatic heterocycles. The van der Waals surface area contributed by atoms with Crippen molar-refractivity contribution >= 4 is 12.1 Å². The first-order valence-electron chi connectivity index (χ1n) is 7.33. The number of amides is 1. The molecule has 0 fully saturated rings. The molecule has 0 unspecified atom stereocenters. The topological polar surface area (TPSA) is 72.7 Å². The number of hydrogen-bond donors (Lipinski definition) is 1. The second-order valence-electron chi connectivity index (χ2n) is 4.95. The third kappa shape index (κ3) is 4.54. The SMILES string of the molecule is CCCOc1ccc(/C=N\NC(=O)c2cccn(C)c2=O)cc1. The molecular weight excluding hydrogens is 294 g/mol. The largest absolute Gasteiger partial charge is 0.494 e. The van der Waals surface area contributed by atoms with Gasteiger partial charge in [-0.3, -0.25) is 9.59 Å². The Balaban J connectivity index is 1.97. The molecule has 0 bridgehead atoms. The van der Waals surface area contributed by atoms with Crippen molar-refractivity contribution in [2.45, 2.75) is 13.3 Å². The van der Waals surface area contributed by atoms with Gasteiger partial charge in [0, 0.05) is 13.2 Å². The fourth-order valence-electron chi connectivity index (χ4n) is 1.87. The first-order valence-corrected chi connectivity index (χ1v) is 7.33. The van der Waals surface area contributed by atoms with Crippen molar-refractivity contribution < 1.29 is 9.53 Å². The molecule has 0 radical (unpaired) electrons. The summed E-state index contributed by atoms with van der Waals surface area (Å²) in [5.74, 6) is 0.256. The monoisotopic (exact) mass is 313 g/mol. The van der Waals surface area contributed by atoms with Gasteiger partial charge < -0.3 is 9.30 Å². The van der Waals surface area contributed by atoms with Crippen LogP contribution in [0.5, 0.6) is 5.75 Å². The summed E-state index contributed by atoms with van der Waals surface area (Å²) < 4.78 is 6.82. The van der Waals surface area contributed by atoms with E-state index >= 15 is 0 Å². The highest BCUT2D eigenvalue weighted by atomic mass is 16.5. The van der Waals surface area contributed by atoms with E-state index in [1.807, 2.05) is 31.2 Å². The Labute approximate surface area is 134 Å². The van der Waals surface area contributed by atoms with Gasteiger partial charge in [0.1, 0.15) is 11.3 Å². The van der Waals surface area contributed by atoms with Crippen LogP contribution < -0.4 is 15.7 Å². The fraction of sp³-hybridized carbons (Fsp3) is 0.235. The minimum Gasteiger partial charge on any atom is -0.494 e. The molecule has 1 aromatic carbocycles. The molecule has 1 amide bonds. The van der Waals surface area contributed by atoms with E-state index in [1.54, 1.807) is 19.3 Å². The summed E-state index contributed by atoms with van der Waals surface area (Å²) in [6, 6.07) is 10.4. The predicted octanol–water partition coefficient (Wildman–Crippen LogP) is 1.94. The third-order valence-corrected chi connectivity index (χ3v) is 3.10. The molecule has 23 heavy (non-hydrogen) atoms. The first-order chi connectivity index (χ1) is 11.1. The van der Waals surface area contributed by atoms with Crippen LogP contribution in [0.15, 0.2) is 52.5 Å². The number of hydrazone groups is 1. The van der Waals surface area contributed by atoms with Crippen molar-refractivity contribution in [2.24, 2.45) is 12.1 Å². The predicted molar refractivity (Wildman–Crippen MR) is 89.0 cm³/mol. The van der Waals surface area contributed by atoms with Crippen molar-refractivity contribution in [3.63, 3.8) is 0 Å². The summed E-state index contributed by atoms with van der Waals surface area (Å²) in [5, 5.41) is 3.87. The molecule has 6 nitrogen and oxygen atoms in total. The van der Waals surface area contributed by atoms with Crippen molar-refractivity contribution in [2.75, 3.05) is 6.61 Å². The number of rotatable bonds is 6. The molecule has 0 aliphatic rings. The lowest BCUT2D eigenvalue weighted by molar-refractivity contribution is 0.0953. The van der Waals surface area contributed by atoms with Gasteiger partial charge in [0.2, 0.25) is 0 Å². The zero-order valence-electron chi connectivity index (χ0n) is 13.2. The number of nitrogens with zero attached hydrogens (tertiary/aromatic N) is 2. The summed E-state index contributed by atoms with van der Waals surface area (Å²) in [6.45, 7) is 2.72. The van der Waals surface area contributed by atoms with Gasteiger partial charge in [-0.25, -0.2) is 5.43 Å². The molecule has 1 N–H and O–H groups in total. The maximum absolute atomic E-state index is 11.9. The number of ether oxygens (including phenoxy) is 1. The van der Waals surface area contributed by atoms with Gasteiger partial charge >= 0.3 is 0 Å². The third-order valence-electron chi connectivity index (χ3n) is 3.10. The van der Waals surface area contributed by atoms with E-state index in [0.29, 0.717) is 6.61 Å². The lowest BCUT2D eigenvalue weighted by Crippen LogP contribution is -2.29. The Morgan fingerprint density at radius 1 is 1.30 bits per heavy atom. The van der Waals surface area contributed by atoms with Gasteiger partial charge in [-0.05, 0) is 48.4 Å². The van der Waals surface area contributed by atoms with Gasteiger partial charge in [0.15, 0.2) is 0 Å². The molecule has 0 atom stereocenters. The molecule has 0 saturated carbocycles. The van der Waals surface area contributed by atoms with E-state index in [9.17, 15) is 9.59 Å². The summed E-state index contributed by atoms with van der Waals surface area (Å²) in [5.41, 5.74) is 2.85. The van der Waals surface area contributed by atoms with Crippen molar-refractivity contribution in [3.8, 4) is 5.75 Å². The smallest absolute Gasteiger partial charge is 0.276 e. The Hall–Kier alpha value is -2.89. The number of aryl methyl sites for hydroxylation is 1. The van der Waals surface area contributed by atoms with Crippen molar-refractivity contribution in [1.29, 1.82) is 0 Å². The number of benzene rings is 1. The number of carbonyl (C=O) groups excluding carboxylic acids is 1. The Morgan fingerprint density at radius 3 is 2.74 bits per heavy atom. The molecule has 0 aliphatic heterocycles. The van der Waals surface area contributed by atoms with Crippen LogP contribution in [0.4, 0.5) is 0 Å². The van der Waals surface area contributed by atoms with Gasteiger partial charge in [-0.2, -0.15) is 5.10 Å². The number of pyridine rings is 1. The van der Waals surface area contributed by atoms with Crippen LogP contribution in [0.3, 0.4) is 0 Å². The van der Waals surface area contributed by atoms with Crippen LogP contribution in [-0.2, 0) is 7.05 Å². The highest BCUT2D eigenvalue weighted by Crippen LogP contribution is 2.11. The Bertz CT molecular complexity index is 748. The average Bonchev–Trinajstić information content (AvgIpc) is 2.56. The number of aromatic nitrogens is 1. The molecule has 0 aliphatic carbocycles. The summed E-state index contributed by atoms with van der Waals surface area (Å²) in [7, 11) is 1.59. The van der Waals surface area contributed by atoms with Gasteiger partial charge in [-0.1, -0.05) is 6.92 Å². The van der Waals surface area contributed by atoms with E-state index in [0.717, 1.165) is 17.7 Å². The minimum absolute atomic E-state index is 0.0514. The fourth-order valence-corrected chi connectivity index (χ4v) is 1.87. The van der Waals surface area contributed by atoms with Crippen LogP contribution in [0.1, 0.15) is 29.3 Å². The zero-order valence-corrected chi connectivity index (χ0v) is 13.2. The van der Waals surface area contributed by atoms with Crippen LogP contribution in [0.2, 0.25) is 0 Å².